The minimum Gasteiger partial charge on any atom is -0.497 e. The predicted molar refractivity (Wildman–Crippen MR) is 88.5 cm³/mol. The van der Waals surface area contributed by atoms with Crippen LogP contribution in [0.3, 0.4) is 0 Å². The van der Waals surface area contributed by atoms with Gasteiger partial charge in [0.25, 0.3) is 0 Å². The van der Waals surface area contributed by atoms with E-state index in [1.165, 1.54) is 17.4 Å². The number of nitrogens with one attached hydrogen (secondary N) is 1. The summed E-state index contributed by atoms with van der Waals surface area (Å²) >= 11 is 1.42. The molecule has 5 heteroatoms. The molecule has 0 radical (unpaired) electrons. The van der Waals surface area contributed by atoms with Gasteiger partial charge in [0, 0.05) is 4.88 Å². The van der Waals surface area contributed by atoms with Gasteiger partial charge in [0.1, 0.15) is 11.6 Å². The summed E-state index contributed by atoms with van der Waals surface area (Å²) in [4.78, 5) is 13.1. The second-order valence-corrected chi connectivity index (χ2v) is 6.56. The second-order valence-electron chi connectivity index (χ2n) is 5.51. The van der Waals surface area contributed by atoms with Gasteiger partial charge in [0.2, 0.25) is 5.91 Å². The fraction of sp³-hybridized carbons (Fsp3) is 0.167. The van der Waals surface area contributed by atoms with Gasteiger partial charge in [-0.3, -0.25) is 4.79 Å². The van der Waals surface area contributed by atoms with Crippen LogP contribution in [-0.4, -0.2) is 13.0 Å². The molecule has 23 heavy (non-hydrogen) atoms. The highest BCUT2D eigenvalue weighted by Gasteiger charge is 2.30. The number of rotatable bonds is 2. The first-order valence-corrected chi connectivity index (χ1v) is 8.12. The van der Waals surface area contributed by atoms with E-state index in [1.807, 2.05) is 30.3 Å². The summed E-state index contributed by atoms with van der Waals surface area (Å²) in [7, 11) is 1.62. The highest BCUT2D eigenvalue weighted by atomic mass is 32.1. The van der Waals surface area contributed by atoms with E-state index in [0.717, 1.165) is 27.1 Å². The number of hydrogen-bond donors (Lipinski definition) is 1. The molecule has 1 aliphatic rings. The van der Waals surface area contributed by atoms with Crippen molar-refractivity contribution in [3.05, 3.63) is 64.3 Å². The first-order chi connectivity index (χ1) is 11.2. The van der Waals surface area contributed by atoms with Crippen molar-refractivity contribution in [2.75, 3.05) is 7.11 Å². The highest BCUT2D eigenvalue weighted by Crippen LogP contribution is 2.41. The number of methoxy groups -OCH3 is 1. The third kappa shape index (κ3) is 2.28. The molecule has 4 rings (SSSR count). The zero-order chi connectivity index (χ0) is 16.0. The topological polar surface area (TPSA) is 38.3 Å². The Morgan fingerprint density at radius 3 is 2.74 bits per heavy atom. The van der Waals surface area contributed by atoms with Crippen LogP contribution in [0.1, 0.15) is 22.0 Å². The van der Waals surface area contributed by atoms with Gasteiger partial charge < -0.3 is 10.1 Å². The molecule has 3 aromatic rings. The van der Waals surface area contributed by atoms with Gasteiger partial charge in [0.05, 0.1) is 24.3 Å². The van der Waals surface area contributed by atoms with E-state index >= 15 is 0 Å². The normalized spacial score (nSPS) is 17.0. The van der Waals surface area contributed by atoms with Crippen LogP contribution in [0.15, 0.2) is 42.5 Å². The van der Waals surface area contributed by atoms with E-state index in [4.69, 9.17) is 4.74 Å². The monoisotopic (exact) mass is 327 g/mol. The Hall–Kier alpha value is -2.40. The molecule has 1 atom stereocenters. The van der Waals surface area contributed by atoms with E-state index in [2.05, 4.69) is 5.32 Å². The zero-order valence-electron chi connectivity index (χ0n) is 12.4. The average molecular weight is 327 g/mol. The van der Waals surface area contributed by atoms with Gasteiger partial charge in [-0.1, -0.05) is 24.3 Å². The maximum absolute atomic E-state index is 14.1. The highest BCUT2D eigenvalue weighted by molar-refractivity contribution is 7.19. The summed E-state index contributed by atoms with van der Waals surface area (Å²) in [5, 5.41) is 3.86. The van der Waals surface area contributed by atoms with Crippen molar-refractivity contribution in [1.29, 1.82) is 0 Å². The van der Waals surface area contributed by atoms with E-state index < -0.39 is 0 Å². The molecule has 0 fully saturated rings. The van der Waals surface area contributed by atoms with Crippen molar-refractivity contribution in [1.82, 2.24) is 5.32 Å². The van der Waals surface area contributed by atoms with Crippen LogP contribution >= 0.6 is 11.3 Å². The first-order valence-electron chi connectivity index (χ1n) is 7.30. The molecule has 1 N–H and O–H groups in total. The number of amides is 1. The molecule has 1 aromatic heterocycles. The zero-order valence-corrected chi connectivity index (χ0v) is 13.2. The number of hydrogen-bond acceptors (Lipinski definition) is 3. The SMILES string of the molecule is COc1ccc(C2NC(=O)Cc3c2sc2c(F)cccc32)cc1. The molecule has 2 heterocycles. The molecule has 1 amide bonds. The van der Waals surface area contributed by atoms with Crippen molar-refractivity contribution in [2.24, 2.45) is 0 Å². The quantitative estimate of drug-likeness (QED) is 0.777. The van der Waals surface area contributed by atoms with Crippen LogP contribution < -0.4 is 10.1 Å². The molecule has 116 valence electrons. The smallest absolute Gasteiger partial charge is 0.225 e. The summed E-state index contributed by atoms with van der Waals surface area (Å²) in [6, 6.07) is 12.4. The number of halogens is 1. The molecule has 1 unspecified atom stereocenters. The Morgan fingerprint density at radius 1 is 1.22 bits per heavy atom. The standard InChI is InChI=1S/C18H14FNO2S/c1-22-11-7-5-10(6-8-11)16-18-13(9-15(21)20-16)12-3-2-4-14(19)17(12)23-18/h2-8,16H,9H2,1H3,(H,20,21). The van der Waals surface area contributed by atoms with Gasteiger partial charge in [0.15, 0.2) is 0 Å². The Labute approximate surface area is 136 Å². The van der Waals surface area contributed by atoms with Gasteiger partial charge in [-0.05, 0) is 34.7 Å². The third-order valence-electron chi connectivity index (χ3n) is 4.16. The fourth-order valence-corrected chi connectivity index (χ4v) is 4.34. The summed E-state index contributed by atoms with van der Waals surface area (Å²) < 4.78 is 19.9. The van der Waals surface area contributed by atoms with E-state index in [-0.39, 0.29) is 17.8 Å². The molecule has 2 aromatic carbocycles. The molecular formula is C18H14FNO2S. The van der Waals surface area contributed by atoms with Crippen molar-refractivity contribution in [2.45, 2.75) is 12.5 Å². The molecule has 0 saturated carbocycles. The Bertz CT molecular complexity index is 901. The lowest BCUT2D eigenvalue weighted by molar-refractivity contribution is -0.121. The molecule has 0 aliphatic carbocycles. The molecule has 3 nitrogen and oxygen atoms in total. The number of carbonyl (C=O) groups excluding carboxylic acids is 1. The molecule has 0 saturated heterocycles. The lowest BCUT2D eigenvalue weighted by Gasteiger charge is -2.24. The first kappa shape index (κ1) is 14.2. The van der Waals surface area contributed by atoms with E-state index in [9.17, 15) is 9.18 Å². The van der Waals surface area contributed by atoms with Gasteiger partial charge in [-0.2, -0.15) is 0 Å². The Morgan fingerprint density at radius 2 is 2.00 bits per heavy atom. The number of carbonyl (C=O) groups is 1. The predicted octanol–water partition coefficient (Wildman–Crippen LogP) is 3.81. The number of ether oxygens (including phenoxy) is 1. The van der Waals surface area contributed by atoms with Crippen molar-refractivity contribution in [3.63, 3.8) is 0 Å². The molecule has 0 bridgehead atoms. The molecule has 0 spiro atoms. The minimum atomic E-state index is -0.242. The molecular weight excluding hydrogens is 313 g/mol. The third-order valence-corrected chi connectivity index (χ3v) is 5.48. The Kier molecular flexibility index (Phi) is 3.31. The van der Waals surface area contributed by atoms with Gasteiger partial charge in [-0.15, -0.1) is 11.3 Å². The molecule has 1 aliphatic heterocycles. The van der Waals surface area contributed by atoms with Crippen molar-refractivity contribution >= 4 is 27.3 Å². The van der Waals surface area contributed by atoms with Crippen molar-refractivity contribution < 1.29 is 13.9 Å². The lowest BCUT2D eigenvalue weighted by atomic mass is 9.95. The van der Waals surface area contributed by atoms with E-state index in [0.29, 0.717) is 11.1 Å². The van der Waals surface area contributed by atoms with Crippen LogP contribution in [0.5, 0.6) is 5.75 Å². The summed E-state index contributed by atoms with van der Waals surface area (Å²) in [5.74, 6) is 0.489. The van der Waals surface area contributed by atoms with E-state index in [1.54, 1.807) is 13.2 Å². The average Bonchev–Trinajstić information content (AvgIpc) is 2.94. The maximum atomic E-state index is 14.1. The summed E-state index contributed by atoms with van der Waals surface area (Å²) in [5.41, 5.74) is 1.90. The largest absolute Gasteiger partial charge is 0.497 e. The van der Waals surface area contributed by atoms with Crippen LogP contribution in [0.4, 0.5) is 4.39 Å². The lowest BCUT2D eigenvalue weighted by Crippen LogP contribution is -2.34. The fourth-order valence-electron chi connectivity index (χ4n) is 3.04. The van der Waals surface area contributed by atoms with Crippen LogP contribution in [-0.2, 0) is 11.2 Å². The maximum Gasteiger partial charge on any atom is 0.225 e. The number of fused-ring (bicyclic) bond motifs is 3. The van der Waals surface area contributed by atoms with Crippen molar-refractivity contribution in [3.8, 4) is 5.75 Å². The summed E-state index contributed by atoms with van der Waals surface area (Å²) in [6.45, 7) is 0. The van der Waals surface area contributed by atoms with Crippen LogP contribution in [0, 0.1) is 5.82 Å². The summed E-state index contributed by atoms with van der Waals surface area (Å²) in [6.07, 6.45) is 0.297. The van der Waals surface area contributed by atoms with Gasteiger partial charge in [-0.25, -0.2) is 4.39 Å². The minimum absolute atomic E-state index is 0.0396. The number of thiophene rings is 1. The number of benzene rings is 2. The van der Waals surface area contributed by atoms with Gasteiger partial charge >= 0.3 is 0 Å². The van der Waals surface area contributed by atoms with Crippen LogP contribution in [0.2, 0.25) is 0 Å². The second kappa shape index (κ2) is 5.35. The Balaban J connectivity index is 1.88. The van der Waals surface area contributed by atoms with Crippen LogP contribution in [0.25, 0.3) is 10.1 Å².